The Bertz CT molecular complexity index is 737. The molecule has 2 rings (SSSR count). The molecule has 0 saturated carbocycles. The van der Waals surface area contributed by atoms with E-state index >= 15 is 0 Å². The molecule has 23 heavy (non-hydrogen) atoms. The first-order valence-corrected chi connectivity index (χ1v) is 7.24. The van der Waals surface area contributed by atoms with Gasteiger partial charge in [-0.05, 0) is 29.8 Å². The van der Waals surface area contributed by atoms with Gasteiger partial charge in [-0.3, -0.25) is 4.79 Å². The third-order valence-electron chi connectivity index (χ3n) is 3.11. The van der Waals surface area contributed by atoms with E-state index in [1.54, 1.807) is 48.5 Å². The fraction of sp³-hybridized carbons (Fsp3) is 0.111. The molecule has 0 saturated heterocycles. The molecule has 0 heterocycles. The molecule has 0 spiro atoms. The largest absolute Gasteiger partial charge is 0.488 e. The number of hydrogen-bond donors (Lipinski definition) is 0. The van der Waals surface area contributed by atoms with Gasteiger partial charge < -0.3 is 9.47 Å². The zero-order valence-corrected chi connectivity index (χ0v) is 13.2. The summed E-state index contributed by atoms with van der Waals surface area (Å²) in [6.45, 7) is -0.0389. The van der Waals surface area contributed by atoms with E-state index in [2.05, 4.69) is 0 Å². The van der Waals surface area contributed by atoms with Crippen molar-refractivity contribution in [3.8, 4) is 5.75 Å². The van der Waals surface area contributed by atoms with E-state index in [1.165, 1.54) is 7.11 Å². The van der Waals surface area contributed by atoms with Crippen LogP contribution in [0.3, 0.4) is 0 Å². The number of halogens is 1. The average Bonchev–Trinajstić information content (AvgIpc) is 2.59. The molecular weight excluding hydrogens is 316 g/mol. The van der Waals surface area contributed by atoms with Crippen molar-refractivity contribution in [1.29, 1.82) is 0 Å². The maximum atomic E-state index is 11.9. The maximum Gasteiger partial charge on any atom is 0.337 e. The lowest BCUT2D eigenvalue weighted by Crippen LogP contribution is -2.13. The Labute approximate surface area is 139 Å². The zero-order chi connectivity index (χ0) is 16.7. The van der Waals surface area contributed by atoms with Crippen LogP contribution in [-0.4, -0.2) is 26.0 Å². The molecule has 0 aliphatic heterocycles. The third-order valence-corrected chi connectivity index (χ3v) is 3.46. The van der Waals surface area contributed by atoms with Crippen molar-refractivity contribution in [2.24, 2.45) is 0 Å². The summed E-state index contributed by atoms with van der Waals surface area (Å²) in [6.07, 6.45) is 2.31. The minimum Gasteiger partial charge on any atom is -0.488 e. The van der Waals surface area contributed by atoms with Crippen LogP contribution in [0.2, 0.25) is 5.02 Å². The summed E-state index contributed by atoms with van der Waals surface area (Å²) in [7, 11) is 1.29. The molecule has 0 bridgehead atoms. The van der Waals surface area contributed by atoms with E-state index in [4.69, 9.17) is 21.1 Å². The van der Waals surface area contributed by atoms with Gasteiger partial charge in [-0.1, -0.05) is 41.9 Å². The second-order valence-electron chi connectivity index (χ2n) is 4.63. The van der Waals surface area contributed by atoms with E-state index in [0.717, 1.165) is 0 Å². The van der Waals surface area contributed by atoms with Gasteiger partial charge in [0, 0.05) is 5.02 Å². The quantitative estimate of drug-likeness (QED) is 0.459. The molecule has 2 aromatic carbocycles. The maximum absolute atomic E-state index is 11.9. The lowest BCUT2D eigenvalue weighted by atomic mass is 10.1. The predicted molar refractivity (Wildman–Crippen MR) is 88.8 cm³/mol. The molecule has 118 valence electrons. The van der Waals surface area contributed by atoms with Gasteiger partial charge in [0.05, 0.1) is 18.2 Å². The Morgan fingerprint density at radius 1 is 1.09 bits per heavy atom. The lowest BCUT2D eigenvalue weighted by Gasteiger charge is -2.10. The fourth-order valence-electron chi connectivity index (χ4n) is 1.94. The first-order chi connectivity index (χ1) is 11.2. The summed E-state index contributed by atoms with van der Waals surface area (Å²) in [4.78, 5) is 22.9. The number of hydrogen-bond acceptors (Lipinski definition) is 4. The Morgan fingerprint density at radius 2 is 1.74 bits per heavy atom. The number of rotatable bonds is 6. The molecule has 5 heteroatoms. The minimum absolute atomic E-state index is 0.0389. The molecule has 0 fully saturated rings. The van der Waals surface area contributed by atoms with Crippen molar-refractivity contribution in [3.05, 3.63) is 70.3 Å². The highest BCUT2D eigenvalue weighted by Gasteiger charge is 2.13. The van der Waals surface area contributed by atoms with Crippen LogP contribution in [0.5, 0.6) is 5.75 Å². The highest BCUT2D eigenvalue weighted by Crippen LogP contribution is 2.21. The standard InChI is InChI=1S/C18H15ClO4/c1-22-18(21)15(10-13-6-2-4-8-16(13)19)12-23-17-9-5-3-7-14(17)11-20/h2-11H,12H2,1H3/b15-10+. The number of methoxy groups -OCH3 is 1. The number of para-hydroxylation sites is 1. The molecule has 0 amide bonds. The molecule has 4 nitrogen and oxygen atoms in total. The second-order valence-corrected chi connectivity index (χ2v) is 5.03. The molecule has 0 aliphatic carbocycles. The van der Waals surface area contributed by atoms with Crippen molar-refractivity contribution >= 4 is 29.9 Å². The Kier molecular flexibility index (Phi) is 5.94. The number of carbonyl (C=O) groups excluding carboxylic acids is 2. The Morgan fingerprint density at radius 3 is 2.39 bits per heavy atom. The van der Waals surface area contributed by atoms with E-state index in [9.17, 15) is 9.59 Å². The van der Waals surface area contributed by atoms with Gasteiger partial charge in [0.1, 0.15) is 12.4 Å². The van der Waals surface area contributed by atoms with Gasteiger partial charge in [-0.25, -0.2) is 4.79 Å². The lowest BCUT2D eigenvalue weighted by molar-refractivity contribution is -0.136. The monoisotopic (exact) mass is 330 g/mol. The normalized spacial score (nSPS) is 11.0. The van der Waals surface area contributed by atoms with Gasteiger partial charge in [-0.2, -0.15) is 0 Å². The highest BCUT2D eigenvalue weighted by molar-refractivity contribution is 6.32. The van der Waals surface area contributed by atoms with E-state index in [-0.39, 0.29) is 6.61 Å². The molecule has 2 aromatic rings. The van der Waals surface area contributed by atoms with Gasteiger partial charge >= 0.3 is 5.97 Å². The predicted octanol–water partition coefficient (Wildman–Crippen LogP) is 3.79. The van der Waals surface area contributed by atoms with Crippen LogP contribution in [0, 0.1) is 0 Å². The van der Waals surface area contributed by atoms with Crippen LogP contribution in [0.4, 0.5) is 0 Å². The SMILES string of the molecule is COC(=O)/C(=C/c1ccccc1Cl)COc1ccccc1C=O. The van der Waals surface area contributed by atoms with E-state index < -0.39 is 5.97 Å². The molecule has 0 unspecified atom stereocenters. The smallest absolute Gasteiger partial charge is 0.337 e. The summed E-state index contributed by atoms with van der Waals surface area (Å²) in [6, 6.07) is 13.9. The Hall–Kier alpha value is -2.59. The zero-order valence-electron chi connectivity index (χ0n) is 12.5. The Balaban J connectivity index is 2.25. The van der Waals surface area contributed by atoms with Crippen molar-refractivity contribution in [2.45, 2.75) is 0 Å². The number of esters is 1. The van der Waals surface area contributed by atoms with E-state index in [0.29, 0.717) is 33.8 Å². The summed E-state index contributed by atoms with van der Waals surface area (Å²) < 4.78 is 10.4. The number of carbonyl (C=O) groups is 2. The van der Waals surface area contributed by atoms with Crippen LogP contribution in [0.1, 0.15) is 15.9 Å². The summed E-state index contributed by atoms with van der Waals surface area (Å²) in [5.74, 6) is -0.120. The minimum atomic E-state index is -0.520. The van der Waals surface area contributed by atoms with Crippen LogP contribution < -0.4 is 4.74 Å². The molecule has 0 aromatic heterocycles. The summed E-state index contributed by atoms with van der Waals surface area (Å²) in [5.41, 5.74) is 1.39. The summed E-state index contributed by atoms with van der Waals surface area (Å²) in [5, 5.41) is 0.516. The van der Waals surface area contributed by atoms with Gasteiger partial charge in [0.15, 0.2) is 6.29 Å². The topological polar surface area (TPSA) is 52.6 Å². The van der Waals surface area contributed by atoms with Crippen LogP contribution >= 0.6 is 11.6 Å². The van der Waals surface area contributed by atoms with Crippen molar-refractivity contribution in [1.82, 2.24) is 0 Å². The van der Waals surface area contributed by atoms with Gasteiger partial charge in [0.2, 0.25) is 0 Å². The van der Waals surface area contributed by atoms with Crippen LogP contribution in [0.15, 0.2) is 54.1 Å². The first-order valence-electron chi connectivity index (χ1n) is 6.86. The highest BCUT2D eigenvalue weighted by atomic mass is 35.5. The van der Waals surface area contributed by atoms with Crippen LogP contribution in [0.25, 0.3) is 6.08 Å². The van der Waals surface area contributed by atoms with Crippen molar-refractivity contribution < 1.29 is 19.1 Å². The average molecular weight is 331 g/mol. The third kappa shape index (κ3) is 4.44. The first kappa shape index (κ1) is 16.8. The number of ether oxygens (including phenoxy) is 2. The fourth-order valence-corrected chi connectivity index (χ4v) is 2.13. The molecule has 0 aliphatic rings. The second kappa shape index (κ2) is 8.15. The molecule has 0 N–H and O–H groups in total. The summed E-state index contributed by atoms with van der Waals surface area (Å²) >= 11 is 6.10. The number of aldehydes is 1. The molecule has 0 atom stereocenters. The van der Waals surface area contributed by atoms with Gasteiger partial charge in [-0.15, -0.1) is 0 Å². The van der Waals surface area contributed by atoms with Crippen molar-refractivity contribution in [3.63, 3.8) is 0 Å². The molecule has 0 radical (unpaired) electrons. The number of benzene rings is 2. The van der Waals surface area contributed by atoms with Gasteiger partial charge in [0.25, 0.3) is 0 Å². The van der Waals surface area contributed by atoms with E-state index in [1.807, 2.05) is 6.07 Å². The molecular formula is C18H15ClO4. The van der Waals surface area contributed by atoms with Crippen LogP contribution in [-0.2, 0) is 9.53 Å². The van der Waals surface area contributed by atoms with Crippen molar-refractivity contribution in [2.75, 3.05) is 13.7 Å².